The van der Waals surface area contributed by atoms with Gasteiger partial charge in [-0.2, -0.15) is 4.98 Å². The fourth-order valence-corrected chi connectivity index (χ4v) is 2.38. The van der Waals surface area contributed by atoms with Crippen LogP contribution in [-0.4, -0.2) is 31.9 Å². The van der Waals surface area contributed by atoms with Gasteiger partial charge in [0.1, 0.15) is 23.1 Å². The Balaban J connectivity index is 2.17. The standard InChI is InChI=1S/C17H11ClF3N3O3/c1-8(16(25)26)27-17-22-15(11-4-3-10(19)7-12(11)20)24(23-17)14-5-2-9(18)6-13(14)21/h2-8H,1H3,(H,25,26). The zero-order valence-electron chi connectivity index (χ0n) is 13.7. The fourth-order valence-electron chi connectivity index (χ4n) is 2.22. The molecule has 27 heavy (non-hydrogen) atoms. The number of carboxylic acids is 1. The summed E-state index contributed by atoms with van der Waals surface area (Å²) in [6, 6.07) is 5.99. The number of halogens is 4. The third-order valence-electron chi connectivity index (χ3n) is 3.53. The van der Waals surface area contributed by atoms with Gasteiger partial charge in [-0.05, 0) is 37.3 Å². The van der Waals surface area contributed by atoms with Gasteiger partial charge in [-0.1, -0.05) is 11.6 Å². The smallest absolute Gasteiger partial charge is 0.344 e. The molecule has 2 aromatic carbocycles. The molecular weight excluding hydrogens is 387 g/mol. The Bertz CT molecular complexity index is 957. The molecule has 0 fully saturated rings. The Morgan fingerprint density at radius 2 is 1.93 bits per heavy atom. The monoisotopic (exact) mass is 397 g/mol. The zero-order chi connectivity index (χ0) is 19.7. The fraction of sp³-hybridized carbons (Fsp3) is 0.118. The molecule has 0 aliphatic rings. The first-order valence-electron chi connectivity index (χ1n) is 7.53. The van der Waals surface area contributed by atoms with Gasteiger partial charge >= 0.3 is 12.0 Å². The van der Waals surface area contributed by atoms with E-state index >= 15 is 0 Å². The molecule has 10 heteroatoms. The molecule has 1 N–H and O–H groups in total. The molecule has 0 spiro atoms. The van der Waals surface area contributed by atoms with Crippen molar-refractivity contribution in [1.29, 1.82) is 0 Å². The van der Waals surface area contributed by atoms with Crippen LogP contribution in [-0.2, 0) is 4.79 Å². The summed E-state index contributed by atoms with van der Waals surface area (Å²) in [4.78, 5) is 14.9. The number of benzene rings is 2. The van der Waals surface area contributed by atoms with Gasteiger partial charge in [0, 0.05) is 11.1 Å². The number of carboxylic acid groups (broad SMARTS) is 1. The van der Waals surface area contributed by atoms with Crippen LogP contribution >= 0.6 is 11.6 Å². The van der Waals surface area contributed by atoms with Crippen molar-refractivity contribution in [2.75, 3.05) is 0 Å². The molecular formula is C17H11ClF3N3O3. The van der Waals surface area contributed by atoms with E-state index in [0.717, 1.165) is 22.9 Å². The Labute approximate surface area is 155 Å². The molecule has 0 bridgehead atoms. The number of aromatic nitrogens is 3. The van der Waals surface area contributed by atoms with E-state index in [0.29, 0.717) is 6.07 Å². The second-order valence-corrected chi connectivity index (χ2v) is 5.88. The highest BCUT2D eigenvalue weighted by Gasteiger charge is 2.23. The van der Waals surface area contributed by atoms with Crippen LogP contribution < -0.4 is 4.74 Å². The predicted octanol–water partition coefficient (Wildman–Crippen LogP) is 3.86. The maximum absolute atomic E-state index is 14.3. The van der Waals surface area contributed by atoms with Gasteiger partial charge in [0.25, 0.3) is 0 Å². The Morgan fingerprint density at radius 3 is 2.56 bits per heavy atom. The van der Waals surface area contributed by atoms with Crippen LogP contribution in [0.2, 0.25) is 5.02 Å². The summed E-state index contributed by atoms with van der Waals surface area (Å²) >= 11 is 5.74. The number of nitrogens with zero attached hydrogens (tertiary/aromatic N) is 3. The quantitative estimate of drug-likeness (QED) is 0.707. The molecule has 140 valence electrons. The molecule has 0 aliphatic carbocycles. The molecule has 3 rings (SSSR count). The Morgan fingerprint density at radius 1 is 1.19 bits per heavy atom. The van der Waals surface area contributed by atoms with Crippen LogP contribution in [0.1, 0.15) is 6.92 Å². The van der Waals surface area contributed by atoms with Crippen LogP contribution in [0.15, 0.2) is 36.4 Å². The molecule has 1 heterocycles. The SMILES string of the molecule is CC(Oc1nc(-c2ccc(F)cc2F)n(-c2ccc(Cl)cc2F)n1)C(=O)O. The van der Waals surface area contributed by atoms with Gasteiger partial charge < -0.3 is 9.84 Å². The van der Waals surface area contributed by atoms with E-state index < -0.39 is 35.5 Å². The lowest BCUT2D eigenvalue weighted by atomic mass is 10.2. The largest absolute Gasteiger partial charge is 0.479 e. The van der Waals surface area contributed by atoms with E-state index in [1.165, 1.54) is 19.1 Å². The highest BCUT2D eigenvalue weighted by Crippen LogP contribution is 2.28. The first kappa shape index (κ1) is 18.7. The van der Waals surface area contributed by atoms with Crippen LogP contribution in [0.3, 0.4) is 0 Å². The van der Waals surface area contributed by atoms with Gasteiger partial charge in [-0.3, -0.25) is 0 Å². The lowest BCUT2D eigenvalue weighted by Gasteiger charge is -2.08. The summed E-state index contributed by atoms with van der Waals surface area (Å²) < 4.78 is 47.8. The Kier molecular flexibility index (Phi) is 5.04. The van der Waals surface area contributed by atoms with Crippen molar-refractivity contribution in [3.8, 4) is 23.1 Å². The second-order valence-electron chi connectivity index (χ2n) is 5.45. The van der Waals surface area contributed by atoms with Gasteiger partial charge in [0.2, 0.25) is 0 Å². The van der Waals surface area contributed by atoms with Gasteiger partial charge in [-0.25, -0.2) is 22.6 Å². The number of hydrogen-bond donors (Lipinski definition) is 1. The molecule has 0 amide bonds. The van der Waals surface area contributed by atoms with Gasteiger partial charge in [0.05, 0.1) is 5.56 Å². The summed E-state index contributed by atoms with van der Waals surface area (Å²) in [7, 11) is 0. The number of rotatable bonds is 5. The van der Waals surface area contributed by atoms with E-state index in [4.69, 9.17) is 21.4 Å². The minimum absolute atomic E-state index is 0.127. The number of aliphatic carboxylic acids is 1. The van der Waals surface area contributed by atoms with Crippen molar-refractivity contribution in [1.82, 2.24) is 14.8 Å². The maximum atomic E-state index is 14.3. The van der Waals surface area contributed by atoms with Crippen LogP contribution in [0, 0.1) is 17.5 Å². The van der Waals surface area contributed by atoms with Crippen molar-refractivity contribution in [2.45, 2.75) is 13.0 Å². The number of carbonyl (C=O) groups is 1. The van der Waals surface area contributed by atoms with E-state index in [1.54, 1.807) is 0 Å². The maximum Gasteiger partial charge on any atom is 0.344 e. The highest BCUT2D eigenvalue weighted by atomic mass is 35.5. The molecule has 6 nitrogen and oxygen atoms in total. The molecule has 3 aromatic rings. The van der Waals surface area contributed by atoms with Crippen molar-refractivity contribution < 1.29 is 27.8 Å². The van der Waals surface area contributed by atoms with Gasteiger partial charge in [-0.15, -0.1) is 5.10 Å². The average Bonchev–Trinajstić information content (AvgIpc) is 2.97. The Hall–Kier alpha value is -3.07. The van der Waals surface area contributed by atoms with Crippen molar-refractivity contribution in [3.05, 3.63) is 58.9 Å². The van der Waals surface area contributed by atoms with Crippen molar-refractivity contribution >= 4 is 17.6 Å². The van der Waals surface area contributed by atoms with E-state index in [1.807, 2.05) is 0 Å². The third-order valence-corrected chi connectivity index (χ3v) is 3.76. The predicted molar refractivity (Wildman–Crippen MR) is 89.4 cm³/mol. The van der Waals surface area contributed by atoms with Gasteiger partial charge in [0.15, 0.2) is 11.9 Å². The summed E-state index contributed by atoms with van der Waals surface area (Å²) in [5, 5.41) is 13.0. The van der Waals surface area contributed by atoms with E-state index in [-0.39, 0.29) is 22.1 Å². The molecule has 0 saturated heterocycles. The lowest BCUT2D eigenvalue weighted by molar-refractivity contribution is -0.144. The molecule has 0 aliphatic heterocycles. The van der Waals surface area contributed by atoms with Crippen LogP contribution in [0.25, 0.3) is 17.1 Å². The molecule has 0 saturated carbocycles. The first-order valence-corrected chi connectivity index (χ1v) is 7.91. The molecule has 1 aromatic heterocycles. The van der Waals surface area contributed by atoms with Crippen molar-refractivity contribution in [3.63, 3.8) is 0 Å². The minimum Gasteiger partial charge on any atom is -0.479 e. The van der Waals surface area contributed by atoms with Crippen molar-refractivity contribution in [2.24, 2.45) is 0 Å². The summed E-state index contributed by atoms with van der Waals surface area (Å²) in [5.41, 5.74) is -0.320. The first-order chi connectivity index (χ1) is 12.8. The molecule has 1 unspecified atom stereocenters. The second kappa shape index (κ2) is 7.28. The average molecular weight is 398 g/mol. The number of ether oxygens (including phenoxy) is 1. The number of hydrogen-bond acceptors (Lipinski definition) is 4. The van der Waals surface area contributed by atoms with Crippen LogP contribution in [0.5, 0.6) is 6.01 Å². The molecule has 1 atom stereocenters. The normalized spacial score (nSPS) is 12.0. The topological polar surface area (TPSA) is 77.2 Å². The lowest BCUT2D eigenvalue weighted by Crippen LogP contribution is -2.23. The van der Waals surface area contributed by atoms with E-state index in [9.17, 15) is 18.0 Å². The molecule has 0 radical (unpaired) electrons. The third kappa shape index (κ3) is 3.87. The van der Waals surface area contributed by atoms with Crippen LogP contribution in [0.4, 0.5) is 13.2 Å². The van der Waals surface area contributed by atoms with E-state index in [2.05, 4.69) is 10.1 Å². The summed E-state index contributed by atoms with van der Waals surface area (Å²) in [6.07, 6.45) is -1.30. The summed E-state index contributed by atoms with van der Waals surface area (Å²) in [6.45, 7) is 1.24. The highest BCUT2D eigenvalue weighted by molar-refractivity contribution is 6.30. The minimum atomic E-state index is -1.30. The summed E-state index contributed by atoms with van der Waals surface area (Å²) in [5.74, 6) is -4.04. The zero-order valence-corrected chi connectivity index (χ0v) is 14.4.